The van der Waals surface area contributed by atoms with E-state index in [1.165, 1.54) is 0 Å². The van der Waals surface area contributed by atoms with Crippen molar-refractivity contribution in [3.63, 3.8) is 0 Å². The molecule has 1 heterocycles. The Labute approximate surface area is 117 Å². The summed E-state index contributed by atoms with van der Waals surface area (Å²) in [6.45, 7) is 15.4. The number of nitrogens with one attached hydrogen (secondary N) is 1. The van der Waals surface area contributed by atoms with Crippen molar-refractivity contribution >= 4 is 0 Å². The van der Waals surface area contributed by atoms with Crippen LogP contribution in [0.3, 0.4) is 0 Å². The van der Waals surface area contributed by atoms with E-state index in [-0.39, 0.29) is 11.1 Å². The lowest BCUT2D eigenvalue weighted by molar-refractivity contribution is 0.0921. The van der Waals surface area contributed by atoms with Crippen LogP contribution >= 0.6 is 0 Å². The molecule has 0 bridgehead atoms. The Morgan fingerprint density at radius 2 is 1.84 bits per heavy atom. The second-order valence-corrected chi connectivity index (χ2v) is 6.58. The zero-order valence-electron chi connectivity index (χ0n) is 13.3. The smallest absolute Gasteiger partial charge is 0.317 e. The number of rotatable bonds is 5. The third-order valence-corrected chi connectivity index (χ3v) is 3.09. The standard InChI is InChI=1S/C15H27N3O/c1-8-15(6,7)19-13-16-9-12(11(2)18-13)10-17-14(3,4)5/h9,17H,8,10H2,1-7H3. The predicted octanol–water partition coefficient (Wildman–Crippen LogP) is 3.24. The lowest BCUT2D eigenvalue weighted by Gasteiger charge is -2.24. The van der Waals surface area contributed by atoms with Gasteiger partial charge in [0.1, 0.15) is 5.60 Å². The number of aryl methyl sites for hydroxylation is 1. The summed E-state index contributed by atoms with van der Waals surface area (Å²) in [4.78, 5) is 8.73. The average Bonchev–Trinajstić information content (AvgIpc) is 2.26. The van der Waals surface area contributed by atoms with Crippen LogP contribution in [-0.2, 0) is 6.54 Å². The molecule has 0 aromatic carbocycles. The summed E-state index contributed by atoms with van der Waals surface area (Å²) in [5.74, 6) is 0. The van der Waals surface area contributed by atoms with E-state index in [4.69, 9.17) is 4.74 Å². The fourth-order valence-corrected chi connectivity index (χ4v) is 1.37. The van der Waals surface area contributed by atoms with E-state index >= 15 is 0 Å². The Morgan fingerprint density at radius 3 is 2.32 bits per heavy atom. The van der Waals surface area contributed by atoms with Gasteiger partial charge in [0, 0.05) is 29.5 Å². The Bertz CT molecular complexity index is 422. The van der Waals surface area contributed by atoms with E-state index in [1.54, 1.807) is 0 Å². The van der Waals surface area contributed by atoms with Crippen molar-refractivity contribution in [2.75, 3.05) is 0 Å². The Balaban J connectivity index is 2.75. The van der Waals surface area contributed by atoms with Gasteiger partial charge in [0.25, 0.3) is 0 Å². The molecule has 1 aromatic heterocycles. The highest BCUT2D eigenvalue weighted by Crippen LogP contribution is 2.18. The Kier molecular flexibility index (Phi) is 4.91. The molecule has 0 amide bonds. The van der Waals surface area contributed by atoms with Gasteiger partial charge in [-0.2, -0.15) is 0 Å². The molecular formula is C15H27N3O. The molecule has 4 nitrogen and oxygen atoms in total. The van der Waals surface area contributed by atoms with Crippen molar-refractivity contribution in [2.24, 2.45) is 0 Å². The summed E-state index contributed by atoms with van der Waals surface area (Å²) >= 11 is 0. The van der Waals surface area contributed by atoms with Crippen molar-refractivity contribution in [3.05, 3.63) is 17.5 Å². The summed E-state index contributed by atoms with van der Waals surface area (Å²) in [5.41, 5.74) is 1.94. The average molecular weight is 265 g/mol. The van der Waals surface area contributed by atoms with Crippen LogP contribution in [-0.4, -0.2) is 21.1 Å². The number of hydrogen-bond acceptors (Lipinski definition) is 4. The van der Waals surface area contributed by atoms with E-state index in [9.17, 15) is 0 Å². The quantitative estimate of drug-likeness (QED) is 0.888. The van der Waals surface area contributed by atoms with Crippen LogP contribution in [0.15, 0.2) is 6.20 Å². The summed E-state index contributed by atoms with van der Waals surface area (Å²) in [6.07, 6.45) is 2.77. The molecule has 1 aromatic rings. The minimum Gasteiger partial charge on any atom is -0.457 e. The predicted molar refractivity (Wildman–Crippen MR) is 78.4 cm³/mol. The van der Waals surface area contributed by atoms with Crippen molar-refractivity contribution in [3.8, 4) is 6.01 Å². The van der Waals surface area contributed by atoms with Gasteiger partial charge >= 0.3 is 6.01 Å². The van der Waals surface area contributed by atoms with E-state index in [0.717, 1.165) is 24.2 Å². The van der Waals surface area contributed by atoms with Gasteiger partial charge in [-0.1, -0.05) is 6.92 Å². The monoisotopic (exact) mass is 265 g/mol. The van der Waals surface area contributed by atoms with Crippen LogP contribution in [0.5, 0.6) is 6.01 Å². The van der Waals surface area contributed by atoms with Crippen LogP contribution < -0.4 is 10.1 Å². The molecule has 0 aliphatic rings. The van der Waals surface area contributed by atoms with Gasteiger partial charge < -0.3 is 10.1 Å². The minimum absolute atomic E-state index is 0.0891. The number of hydrogen-bond donors (Lipinski definition) is 1. The highest BCUT2D eigenvalue weighted by molar-refractivity contribution is 5.18. The fraction of sp³-hybridized carbons (Fsp3) is 0.733. The first-order chi connectivity index (χ1) is 8.63. The van der Waals surface area contributed by atoms with Crippen molar-refractivity contribution in [1.82, 2.24) is 15.3 Å². The number of aromatic nitrogens is 2. The highest BCUT2D eigenvalue weighted by atomic mass is 16.5. The molecular weight excluding hydrogens is 238 g/mol. The van der Waals surface area contributed by atoms with E-state index in [2.05, 4.69) is 43.0 Å². The molecule has 0 saturated carbocycles. The molecule has 0 aliphatic heterocycles. The third-order valence-electron chi connectivity index (χ3n) is 3.09. The summed E-state index contributed by atoms with van der Waals surface area (Å²) < 4.78 is 5.79. The van der Waals surface area contributed by atoms with Gasteiger partial charge in [0.05, 0.1) is 0 Å². The van der Waals surface area contributed by atoms with Gasteiger partial charge in [-0.05, 0) is 48.0 Å². The lowest BCUT2D eigenvalue weighted by atomic mass is 10.1. The summed E-state index contributed by atoms with van der Waals surface area (Å²) in [6, 6.07) is 0.462. The Hall–Kier alpha value is -1.16. The number of nitrogens with zero attached hydrogens (tertiary/aromatic N) is 2. The normalized spacial score (nSPS) is 12.6. The molecule has 0 aliphatic carbocycles. The summed E-state index contributed by atoms with van der Waals surface area (Å²) in [7, 11) is 0. The lowest BCUT2D eigenvalue weighted by Crippen LogP contribution is -2.35. The van der Waals surface area contributed by atoms with Crippen LogP contribution in [0.25, 0.3) is 0 Å². The second kappa shape index (κ2) is 5.87. The first-order valence-corrected chi connectivity index (χ1v) is 6.89. The van der Waals surface area contributed by atoms with Crippen molar-refractivity contribution in [1.29, 1.82) is 0 Å². The van der Waals surface area contributed by atoms with Gasteiger partial charge in [0.15, 0.2) is 0 Å². The maximum atomic E-state index is 5.79. The van der Waals surface area contributed by atoms with Crippen LogP contribution in [0, 0.1) is 6.92 Å². The molecule has 1 rings (SSSR count). The fourth-order valence-electron chi connectivity index (χ4n) is 1.37. The zero-order valence-corrected chi connectivity index (χ0v) is 13.3. The van der Waals surface area contributed by atoms with Gasteiger partial charge in [-0.15, -0.1) is 0 Å². The van der Waals surface area contributed by atoms with Gasteiger partial charge in [0.2, 0.25) is 0 Å². The van der Waals surface area contributed by atoms with E-state index in [0.29, 0.717) is 6.01 Å². The molecule has 1 N–H and O–H groups in total. The summed E-state index contributed by atoms with van der Waals surface area (Å²) in [5, 5.41) is 3.44. The molecule has 19 heavy (non-hydrogen) atoms. The van der Waals surface area contributed by atoms with Crippen molar-refractivity contribution < 1.29 is 4.74 Å². The Morgan fingerprint density at radius 1 is 1.21 bits per heavy atom. The van der Waals surface area contributed by atoms with Gasteiger partial charge in [-0.3, -0.25) is 0 Å². The van der Waals surface area contributed by atoms with Gasteiger partial charge in [-0.25, -0.2) is 9.97 Å². The second-order valence-electron chi connectivity index (χ2n) is 6.58. The largest absolute Gasteiger partial charge is 0.457 e. The molecule has 0 saturated heterocycles. The molecule has 0 fully saturated rings. The van der Waals surface area contributed by atoms with E-state index in [1.807, 2.05) is 27.0 Å². The maximum Gasteiger partial charge on any atom is 0.317 e. The minimum atomic E-state index is -0.225. The molecule has 108 valence electrons. The topological polar surface area (TPSA) is 47.0 Å². The molecule has 0 unspecified atom stereocenters. The maximum absolute atomic E-state index is 5.79. The molecule has 4 heteroatoms. The van der Waals surface area contributed by atoms with Crippen molar-refractivity contribution in [2.45, 2.75) is 72.6 Å². The van der Waals surface area contributed by atoms with E-state index < -0.39 is 0 Å². The molecule has 0 atom stereocenters. The highest BCUT2D eigenvalue weighted by Gasteiger charge is 2.19. The van der Waals surface area contributed by atoms with Crippen LogP contribution in [0.2, 0.25) is 0 Å². The van der Waals surface area contributed by atoms with Crippen LogP contribution in [0.4, 0.5) is 0 Å². The third kappa shape index (κ3) is 5.55. The van der Waals surface area contributed by atoms with Crippen LogP contribution in [0.1, 0.15) is 59.2 Å². The first-order valence-electron chi connectivity index (χ1n) is 6.89. The molecule has 0 radical (unpaired) electrons. The zero-order chi connectivity index (χ0) is 14.7. The molecule has 0 spiro atoms. The first kappa shape index (κ1) is 15.9. The SMILES string of the molecule is CCC(C)(C)Oc1ncc(CNC(C)(C)C)c(C)n1. The number of ether oxygens (including phenoxy) is 1.